The van der Waals surface area contributed by atoms with Gasteiger partial charge in [0.15, 0.2) is 18.3 Å². The second-order valence-electron chi connectivity index (χ2n) is 9.37. The van der Waals surface area contributed by atoms with Gasteiger partial charge >= 0.3 is 23.9 Å². The van der Waals surface area contributed by atoms with E-state index in [4.69, 9.17) is 23.7 Å². The van der Waals surface area contributed by atoms with E-state index in [0.717, 1.165) is 33.3 Å². The van der Waals surface area contributed by atoms with E-state index in [-0.39, 0.29) is 16.7 Å². The third kappa shape index (κ3) is 7.41. The molecule has 2 aromatic rings. The fourth-order valence-electron chi connectivity index (χ4n) is 4.52. The van der Waals surface area contributed by atoms with Crippen LogP contribution in [0.3, 0.4) is 0 Å². The molecule has 1 aliphatic heterocycles. The molecule has 5 atom stereocenters. The zero-order valence-corrected chi connectivity index (χ0v) is 22.8. The highest BCUT2D eigenvalue weighted by Crippen LogP contribution is 2.41. The van der Waals surface area contributed by atoms with Crippen LogP contribution in [0.1, 0.15) is 63.0 Å². The predicted molar refractivity (Wildman–Crippen MR) is 136 cm³/mol. The number of hydrogen-bond acceptors (Lipinski definition) is 9. The normalized spacial score (nSPS) is 22.6. The molecule has 0 aromatic heterocycles. The van der Waals surface area contributed by atoms with Crippen LogP contribution in [0.2, 0.25) is 0 Å². The van der Waals surface area contributed by atoms with Gasteiger partial charge in [0.1, 0.15) is 18.8 Å². The second kappa shape index (κ2) is 13.0. The minimum atomic E-state index is -3.39. The van der Waals surface area contributed by atoms with Crippen LogP contribution in [0.25, 0.3) is 0 Å². The van der Waals surface area contributed by atoms with Gasteiger partial charge in [-0.05, 0) is 23.6 Å². The molecule has 1 heterocycles. The van der Waals surface area contributed by atoms with Crippen LogP contribution in [0.5, 0.6) is 0 Å². The van der Waals surface area contributed by atoms with Crippen molar-refractivity contribution in [1.29, 1.82) is 0 Å². The van der Waals surface area contributed by atoms with Crippen molar-refractivity contribution in [3.8, 4) is 0 Å². The van der Waals surface area contributed by atoms with E-state index in [0.29, 0.717) is 6.42 Å². The van der Waals surface area contributed by atoms with Crippen molar-refractivity contribution < 1.29 is 51.6 Å². The minimum absolute atomic E-state index is 0.167. The molecule has 2 aromatic carbocycles. The Labute approximate surface area is 230 Å². The Kier molecular flexibility index (Phi) is 9.97. The van der Waals surface area contributed by atoms with Crippen molar-refractivity contribution in [3.05, 3.63) is 70.8 Å². The van der Waals surface area contributed by atoms with Gasteiger partial charge in [0.25, 0.3) is 5.92 Å². The highest BCUT2D eigenvalue weighted by atomic mass is 19.3. The number of rotatable bonds is 9. The average molecular weight is 563 g/mol. The molecule has 0 N–H and O–H groups in total. The first kappa shape index (κ1) is 30.7. The lowest BCUT2D eigenvalue weighted by Gasteiger charge is -2.44. The number of carbonyl (C=O) groups excluding carboxylic acids is 4. The first-order valence-corrected chi connectivity index (χ1v) is 12.7. The van der Waals surface area contributed by atoms with E-state index in [9.17, 15) is 19.2 Å². The number of hydrogen-bond donors (Lipinski definition) is 0. The number of ether oxygens (including phenoxy) is 5. The number of esters is 4. The summed E-state index contributed by atoms with van der Waals surface area (Å²) in [6.07, 6.45) is -5.91. The van der Waals surface area contributed by atoms with E-state index in [1.807, 2.05) is 6.92 Å². The van der Waals surface area contributed by atoms with E-state index in [1.54, 1.807) is 12.1 Å². The summed E-state index contributed by atoms with van der Waals surface area (Å²) in [5.74, 6) is -6.39. The Balaban J connectivity index is 2.09. The van der Waals surface area contributed by atoms with Crippen molar-refractivity contribution in [2.45, 2.75) is 77.5 Å². The Morgan fingerprint density at radius 3 is 1.90 bits per heavy atom. The number of alkyl halides is 2. The lowest BCUT2D eigenvalue weighted by atomic mass is 9.88. The largest absolute Gasteiger partial charge is 0.463 e. The van der Waals surface area contributed by atoms with Gasteiger partial charge < -0.3 is 23.7 Å². The van der Waals surface area contributed by atoms with Crippen LogP contribution >= 0.6 is 0 Å². The van der Waals surface area contributed by atoms with Crippen molar-refractivity contribution >= 4 is 23.9 Å². The van der Waals surface area contributed by atoms with E-state index < -0.39 is 66.9 Å². The zero-order valence-electron chi connectivity index (χ0n) is 22.8. The van der Waals surface area contributed by atoms with Gasteiger partial charge in [-0.3, -0.25) is 19.2 Å². The zero-order chi connectivity index (χ0) is 29.6. The predicted octanol–water partition coefficient (Wildman–Crippen LogP) is 4.19. The molecule has 40 heavy (non-hydrogen) atoms. The van der Waals surface area contributed by atoms with E-state index >= 15 is 8.78 Å². The molecule has 0 saturated carbocycles. The maximum atomic E-state index is 15.6. The third-order valence-electron chi connectivity index (χ3n) is 6.29. The van der Waals surface area contributed by atoms with Gasteiger partial charge in [-0.1, -0.05) is 49.4 Å². The van der Waals surface area contributed by atoms with Gasteiger partial charge in [0.05, 0.1) is 0 Å². The summed E-state index contributed by atoms with van der Waals surface area (Å²) in [6.45, 7) is 5.98. The Morgan fingerprint density at radius 2 is 1.35 bits per heavy atom. The summed E-state index contributed by atoms with van der Waals surface area (Å²) < 4.78 is 58.6. The smallest absolute Gasteiger partial charge is 0.303 e. The fraction of sp³-hybridized carbons (Fsp3) is 0.448. The Hall–Kier alpha value is -3.86. The molecule has 9 nitrogen and oxygen atoms in total. The maximum Gasteiger partial charge on any atom is 0.303 e. The summed E-state index contributed by atoms with van der Waals surface area (Å²) in [4.78, 5) is 47.6. The maximum absolute atomic E-state index is 15.6. The van der Waals surface area contributed by atoms with Crippen LogP contribution in [-0.4, -0.2) is 54.9 Å². The van der Waals surface area contributed by atoms with Crippen LogP contribution in [-0.2, 0) is 55.2 Å². The van der Waals surface area contributed by atoms with Crippen LogP contribution in [0, 0.1) is 0 Å². The number of carbonyl (C=O) groups is 4. The van der Waals surface area contributed by atoms with E-state index in [2.05, 4.69) is 0 Å². The molecule has 0 amide bonds. The van der Waals surface area contributed by atoms with Crippen molar-refractivity contribution in [2.24, 2.45) is 0 Å². The van der Waals surface area contributed by atoms with Crippen LogP contribution in [0.4, 0.5) is 8.78 Å². The third-order valence-corrected chi connectivity index (χ3v) is 6.29. The lowest BCUT2D eigenvalue weighted by Crippen LogP contribution is -2.59. The Morgan fingerprint density at radius 1 is 0.775 bits per heavy atom. The number of benzene rings is 2. The molecule has 1 saturated heterocycles. The molecule has 0 bridgehead atoms. The summed E-state index contributed by atoms with van der Waals surface area (Å²) in [5, 5.41) is 0. The lowest BCUT2D eigenvalue weighted by molar-refractivity contribution is -0.254. The second-order valence-corrected chi connectivity index (χ2v) is 9.37. The van der Waals surface area contributed by atoms with Gasteiger partial charge in [-0.25, -0.2) is 0 Å². The van der Waals surface area contributed by atoms with E-state index in [1.165, 1.54) is 36.4 Å². The van der Waals surface area contributed by atoms with Gasteiger partial charge in [0.2, 0.25) is 0 Å². The van der Waals surface area contributed by atoms with Gasteiger partial charge in [-0.2, -0.15) is 8.78 Å². The molecule has 1 fully saturated rings. The van der Waals surface area contributed by atoms with Crippen LogP contribution < -0.4 is 0 Å². The monoisotopic (exact) mass is 562 g/mol. The summed E-state index contributed by atoms with van der Waals surface area (Å²) in [7, 11) is 0. The molecule has 3 rings (SSSR count). The van der Waals surface area contributed by atoms with Crippen molar-refractivity contribution in [1.82, 2.24) is 0 Å². The SMILES string of the molecule is CCc1ccc(C(F)(F)c2cccc([C@@H]3O[C@H](COC(C)=O)[C@@H](OC(C)=O)[C@H](OC(C)=O)[C@H]3OC(C)=O)c2)cc1. The summed E-state index contributed by atoms with van der Waals surface area (Å²) >= 11 is 0. The molecular weight excluding hydrogens is 530 g/mol. The van der Waals surface area contributed by atoms with Crippen molar-refractivity contribution in [3.63, 3.8) is 0 Å². The van der Waals surface area contributed by atoms with Crippen molar-refractivity contribution in [2.75, 3.05) is 6.61 Å². The number of halogens is 2. The van der Waals surface area contributed by atoms with Crippen LogP contribution in [0.15, 0.2) is 48.5 Å². The highest BCUT2D eigenvalue weighted by molar-refractivity contribution is 5.69. The first-order valence-electron chi connectivity index (χ1n) is 12.7. The quantitative estimate of drug-likeness (QED) is 0.328. The molecule has 11 heteroatoms. The summed E-state index contributed by atoms with van der Waals surface area (Å²) in [6, 6.07) is 11.3. The first-order chi connectivity index (χ1) is 18.8. The molecule has 0 unspecified atom stereocenters. The highest BCUT2D eigenvalue weighted by Gasteiger charge is 2.52. The molecule has 216 valence electrons. The van der Waals surface area contributed by atoms with Gasteiger partial charge in [0, 0.05) is 38.8 Å². The van der Waals surface area contributed by atoms with Gasteiger partial charge in [-0.15, -0.1) is 0 Å². The summed E-state index contributed by atoms with van der Waals surface area (Å²) in [5.41, 5.74) is 0.496. The average Bonchev–Trinajstić information content (AvgIpc) is 2.89. The standard InChI is InChI=1S/C29H32F2O9/c1-6-20-10-12-22(13-11-20)29(30,31)23-9-7-8-21(14-23)25-27(38-18(4)34)28(39-19(5)35)26(37-17(3)33)24(40-25)15-36-16(2)32/h7-14,24-28H,6,15H2,1-5H3/t24-,25+,26-,27+,28+/m1/s1. The molecule has 0 spiro atoms. The topological polar surface area (TPSA) is 114 Å². The molecule has 0 radical (unpaired) electrons. The minimum Gasteiger partial charge on any atom is -0.463 e. The molecule has 1 aliphatic rings. The molecular formula is C29H32F2O9. The fourth-order valence-corrected chi connectivity index (χ4v) is 4.52. The Bertz CT molecular complexity index is 1230. The molecule has 0 aliphatic carbocycles. The number of aryl methyl sites for hydroxylation is 1.